The van der Waals surface area contributed by atoms with E-state index < -0.39 is 0 Å². The van der Waals surface area contributed by atoms with Gasteiger partial charge >= 0.3 is 0 Å². The van der Waals surface area contributed by atoms with Crippen molar-refractivity contribution in [3.63, 3.8) is 0 Å². The molecule has 164 valence electrons. The van der Waals surface area contributed by atoms with Crippen LogP contribution in [0.1, 0.15) is 60.5 Å². The molecule has 0 radical (unpaired) electrons. The van der Waals surface area contributed by atoms with Crippen molar-refractivity contribution in [3.05, 3.63) is 41.6 Å². The monoisotopic (exact) mass is 452 g/mol. The molecule has 0 spiro atoms. The topological polar surface area (TPSA) is 88.3 Å². The summed E-state index contributed by atoms with van der Waals surface area (Å²) in [6.07, 6.45) is 5.60. The van der Waals surface area contributed by atoms with E-state index in [4.69, 9.17) is 10.7 Å². The lowest BCUT2D eigenvalue weighted by Crippen LogP contribution is -2.49. The third-order valence-corrected chi connectivity index (χ3v) is 5.76. The number of para-hydroxylation sites is 1. The van der Waals surface area contributed by atoms with Crippen molar-refractivity contribution in [2.24, 2.45) is 5.73 Å². The number of nitrogens with zero attached hydrogens (tertiary/aromatic N) is 2. The lowest BCUT2D eigenvalue weighted by Gasteiger charge is -2.36. The number of pyridine rings is 1. The van der Waals surface area contributed by atoms with Crippen LogP contribution in [-0.4, -0.2) is 47.4 Å². The quantitative estimate of drug-likeness (QED) is 0.702. The first-order chi connectivity index (χ1) is 13.7. The third kappa shape index (κ3) is 5.42. The Balaban J connectivity index is 0.00000160. The van der Waals surface area contributed by atoms with Crippen molar-refractivity contribution in [1.82, 2.24) is 15.2 Å². The molecule has 8 heteroatoms. The van der Waals surface area contributed by atoms with Gasteiger partial charge in [-0.3, -0.25) is 14.6 Å². The van der Waals surface area contributed by atoms with Crippen molar-refractivity contribution in [3.8, 4) is 0 Å². The summed E-state index contributed by atoms with van der Waals surface area (Å²) >= 11 is 0. The van der Waals surface area contributed by atoms with Crippen LogP contribution < -0.4 is 11.1 Å². The van der Waals surface area contributed by atoms with Crippen molar-refractivity contribution in [2.45, 2.75) is 50.5 Å². The SMILES string of the molecule is Cl.Cl.NCCC(=O)NCC1CCCCN1C(=O)c1cc(C2CC2)nc2ccccc12. The Morgan fingerprint density at radius 3 is 2.63 bits per heavy atom. The third-order valence-electron chi connectivity index (χ3n) is 5.76. The molecule has 1 aromatic heterocycles. The number of benzene rings is 1. The summed E-state index contributed by atoms with van der Waals surface area (Å²) in [4.78, 5) is 32.1. The number of amides is 2. The largest absolute Gasteiger partial charge is 0.354 e. The van der Waals surface area contributed by atoms with Crippen LogP contribution in [-0.2, 0) is 4.79 Å². The maximum Gasteiger partial charge on any atom is 0.254 e. The maximum atomic E-state index is 13.6. The summed E-state index contributed by atoms with van der Waals surface area (Å²) in [6, 6.07) is 9.92. The predicted molar refractivity (Wildman–Crippen MR) is 124 cm³/mol. The van der Waals surface area contributed by atoms with E-state index in [1.165, 1.54) is 0 Å². The zero-order valence-electron chi connectivity index (χ0n) is 17.0. The molecule has 2 aromatic rings. The highest BCUT2D eigenvalue weighted by Crippen LogP contribution is 2.40. The van der Waals surface area contributed by atoms with Crippen LogP contribution in [0.2, 0.25) is 0 Å². The Kier molecular flexibility index (Phi) is 8.89. The Labute approximate surface area is 189 Å². The first-order valence-corrected chi connectivity index (χ1v) is 10.3. The molecule has 2 heterocycles. The van der Waals surface area contributed by atoms with Gasteiger partial charge in [0.05, 0.1) is 11.1 Å². The summed E-state index contributed by atoms with van der Waals surface area (Å²) in [5, 5.41) is 3.85. The van der Waals surface area contributed by atoms with Gasteiger partial charge in [-0.2, -0.15) is 0 Å². The Hall–Kier alpha value is -1.89. The molecule has 6 nitrogen and oxygen atoms in total. The summed E-state index contributed by atoms with van der Waals surface area (Å²) in [5.74, 6) is 0.494. The van der Waals surface area contributed by atoms with Crippen molar-refractivity contribution in [1.29, 1.82) is 0 Å². The van der Waals surface area contributed by atoms with E-state index in [9.17, 15) is 9.59 Å². The van der Waals surface area contributed by atoms with Gasteiger partial charge in [0.1, 0.15) is 0 Å². The molecular formula is C22H30Cl2N4O2. The van der Waals surface area contributed by atoms with Crippen molar-refractivity contribution >= 4 is 47.5 Å². The number of rotatable bonds is 6. The van der Waals surface area contributed by atoms with Gasteiger partial charge in [0.2, 0.25) is 5.91 Å². The molecule has 2 amide bonds. The second-order valence-corrected chi connectivity index (χ2v) is 7.88. The van der Waals surface area contributed by atoms with E-state index in [2.05, 4.69) is 5.32 Å². The van der Waals surface area contributed by atoms with E-state index in [-0.39, 0.29) is 42.7 Å². The fraction of sp³-hybridized carbons (Fsp3) is 0.500. The Morgan fingerprint density at radius 2 is 1.90 bits per heavy atom. The van der Waals surface area contributed by atoms with Gasteiger partial charge in [-0.05, 0) is 44.2 Å². The second kappa shape index (κ2) is 10.9. The zero-order valence-corrected chi connectivity index (χ0v) is 18.6. The first-order valence-electron chi connectivity index (χ1n) is 10.3. The smallest absolute Gasteiger partial charge is 0.254 e. The second-order valence-electron chi connectivity index (χ2n) is 7.88. The van der Waals surface area contributed by atoms with E-state index in [0.29, 0.717) is 25.4 Å². The predicted octanol–water partition coefficient (Wildman–Crippen LogP) is 3.42. The summed E-state index contributed by atoms with van der Waals surface area (Å²) in [7, 11) is 0. The summed E-state index contributed by atoms with van der Waals surface area (Å²) in [5.41, 5.74) is 8.12. The molecule has 30 heavy (non-hydrogen) atoms. The summed E-state index contributed by atoms with van der Waals surface area (Å²) in [6.45, 7) is 1.56. The zero-order chi connectivity index (χ0) is 19.5. The van der Waals surface area contributed by atoms with Crippen LogP contribution in [0, 0.1) is 0 Å². The lowest BCUT2D eigenvalue weighted by atomic mass is 9.98. The van der Waals surface area contributed by atoms with Gasteiger partial charge in [-0.15, -0.1) is 24.8 Å². The highest BCUT2D eigenvalue weighted by Gasteiger charge is 2.31. The molecule has 1 saturated carbocycles. The number of carbonyl (C=O) groups excluding carboxylic acids is 2. The van der Waals surface area contributed by atoms with Crippen molar-refractivity contribution in [2.75, 3.05) is 19.6 Å². The van der Waals surface area contributed by atoms with Gasteiger partial charge in [0.15, 0.2) is 0 Å². The Morgan fingerprint density at radius 1 is 1.13 bits per heavy atom. The highest BCUT2D eigenvalue weighted by molar-refractivity contribution is 6.06. The van der Waals surface area contributed by atoms with Crippen LogP contribution in [0.5, 0.6) is 0 Å². The van der Waals surface area contributed by atoms with Gasteiger partial charge in [0.25, 0.3) is 5.91 Å². The minimum atomic E-state index is -0.0501. The normalized spacial score (nSPS) is 18.3. The minimum Gasteiger partial charge on any atom is -0.354 e. The van der Waals surface area contributed by atoms with E-state index in [1.54, 1.807) is 0 Å². The van der Waals surface area contributed by atoms with Gasteiger partial charge in [0, 0.05) is 49.1 Å². The van der Waals surface area contributed by atoms with Crippen LogP contribution in [0.3, 0.4) is 0 Å². The fourth-order valence-electron chi connectivity index (χ4n) is 4.05. The number of nitrogens with one attached hydrogen (secondary N) is 1. The Bertz CT molecular complexity index is 889. The minimum absolute atomic E-state index is 0. The van der Waals surface area contributed by atoms with Gasteiger partial charge < -0.3 is 16.0 Å². The number of hydrogen-bond acceptors (Lipinski definition) is 4. The number of carbonyl (C=O) groups is 2. The fourth-order valence-corrected chi connectivity index (χ4v) is 4.05. The number of halogens is 2. The van der Waals surface area contributed by atoms with E-state index in [0.717, 1.165) is 60.8 Å². The van der Waals surface area contributed by atoms with Crippen LogP contribution in [0.15, 0.2) is 30.3 Å². The average Bonchev–Trinajstić information content (AvgIpc) is 3.57. The number of piperidine rings is 1. The van der Waals surface area contributed by atoms with Crippen LogP contribution in [0.4, 0.5) is 0 Å². The number of nitrogens with two attached hydrogens (primary N) is 1. The number of likely N-dealkylation sites (tertiary alicyclic amines) is 1. The molecule has 3 N–H and O–H groups in total. The average molecular weight is 453 g/mol. The highest BCUT2D eigenvalue weighted by atomic mass is 35.5. The number of hydrogen-bond donors (Lipinski definition) is 2. The number of aromatic nitrogens is 1. The van der Waals surface area contributed by atoms with Crippen LogP contribution in [0.25, 0.3) is 10.9 Å². The van der Waals surface area contributed by atoms with Gasteiger partial charge in [-0.25, -0.2) is 0 Å². The molecule has 2 aliphatic rings. The van der Waals surface area contributed by atoms with Crippen molar-refractivity contribution < 1.29 is 9.59 Å². The molecule has 1 saturated heterocycles. The standard InChI is InChI=1S/C22H28N4O2.2ClH/c23-11-10-21(27)24-14-16-5-3-4-12-26(16)22(28)18-13-20(15-8-9-15)25-19-7-2-1-6-17(18)19;;/h1-2,6-7,13,15-16H,3-5,8-12,14,23H2,(H,24,27);2*1H. The molecule has 2 fully saturated rings. The first kappa shape index (κ1) is 24.4. The molecule has 1 unspecified atom stereocenters. The molecule has 1 atom stereocenters. The molecule has 1 aliphatic carbocycles. The molecule has 1 aromatic carbocycles. The van der Waals surface area contributed by atoms with E-state index >= 15 is 0 Å². The molecular weight excluding hydrogens is 423 g/mol. The molecule has 0 bridgehead atoms. The number of fused-ring (bicyclic) bond motifs is 1. The molecule has 1 aliphatic heterocycles. The van der Waals surface area contributed by atoms with E-state index in [1.807, 2.05) is 35.2 Å². The van der Waals surface area contributed by atoms with Crippen LogP contribution >= 0.6 is 24.8 Å². The summed E-state index contributed by atoms with van der Waals surface area (Å²) < 4.78 is 0. The lowest BCUT2D eigenvalue weighted by molar-refractivity contribution is -0.121. The molecule has 4 rings (SSSR count). The van der Waals surface area contributed by atoms with Gasteiger partial charge in [-0.1, -0.05) is 18.2 Å². The maximum absolute atomic E-state index is 13.6.